The second-order valence-electron chi connectivity index (χ2n) is 5.79. The van der Waals surface area contributed by atoms with Crippen molar-refractivity contribution < 1.29 is 4.74 Å². The summed E-state index contributed by atoms with van der Waals surface area (Å²) in [5, 5.41) is 0. The van der Waals surface area contributed by atoms with Gasteiger partial charge in [-0.2, -0.15) is 0 Å². The molecule has 0 aliphatic heterocycles. The van der Waals surface area contributed by atoms with Gasteiger partial charge in [-0.05, 0) is 66.5 Å². The summed E-state index contributed by atoms with van der Waals surface area (Å²) < 4.78 is 10.5. The van der Waals surface area contributed by atoms with E-state index in [0.29, 0.717) is 11.4 Å². The number of ether oxygens (including phenoxy) is 1. The predicted molar refractivity (Wildman–Crippen MR) is 91.9 cm³/mol. The highest BCUT2D eigenvalue weighted by atomic mass is 127. The maximum Gasteiger partial charge on any atom is 0.278 e. The Morgan fingerprint density at radius 1 is 1.14 bits per heavy atom. The minimum atomic E-state index is -0.00183. The van der Waals surface area contributed by atoms with Gasteiger partial charge in [0.15, 0.2) is 0 Å². The van der Waals surface area contributed by atoms with Gasteiger partial charge < -0.3 is 4.74 Å². The van der Waals surface area contributed by atoms with Crippen LogP contribution in [-0.2, 0) is 14.1 Å². The molecule has 0 spiro atoms. The number of hydrogen-bond acceptors (Lipinski definition) is 2. The molecule has 0 unspecified atom stereocenters. The van der Waals surface area contributed by atoms with Gasteiger partial charge >= 0.3 is 0 Å². The van der Waals surface area contributed by atoms with Gasteiger partial charge in [0.25, 0.3) is 5.56 Å². The Hall–Kier alpha value is -1.24. The van der Waals surface area contributed by atoms with Gasteiger partial charge in [0.2, 0.25) is 5.88 Å². The van der Waals surface area contributed by atoms with Crippen molar-refractivity contribution >= 4 is 22.6 Å². The normalized spacial score (nSPS) is 14.5. The highest BCUT2D eigenvalue weighted by Gasteiger charge is 2.29. The lowest BCUT2D eigenvalue weighted by Crippen LogP contribution is -2.18. The predicted octanol–water partition coefficient (Wildman–Crippen LogP) is 3.15. The van der Waals surface area contributed by atoms with Crippen LogP contribution in [0.2, 0.25) is 0 Å². The van der Waals surface area contributed by atoms with Crippen molar-refractivity contribution in [1.29, 1.82) is 0 Å². The van der Waals surface area contributed by atoms with Gasteiger partial charge in [-0.25, -0.2) is 0 Å². The van der Waals surface area contributed by atoms with Crippen molar-refractivity contribution in [3.05, 3.63) is 37.2 Å². The average Bonchev–Trinajstić information content (AvgIpc) is 3.18. The van der Waals surface area contributed by atoms with Crippen LogP contribution in [0.15, 0.2) is 16.9 Å². The van der Waals surface area contributed by atoms with Crippen LogP contribution in [0.1, 0.15) is 24.0 Å². The summed E-state index contributed by atoms with van der Waals surface area (Å²) in [7, 11) is 3.65. The van der Waals surface area contributed by atoms with Gasteiger partial charge in [0, 0.05) is 23.2 Å². The summed E-state index contributed by atoms with van der Waals surface area (Å²) in [6.45, 7) is 4.13. The SMILES string of the molecule is Cc1cc(C)c(-c2c(OC3CC3)n(C)n(C)c2=O)c(I)c1. The zero-order valence-electron chi connectivity index (χ0n) is 12.7. The Balaban J connectivity index is 2.27. The van der Waals surface area contributed by atoms with Crippen LogP contribution in [-0.4, -0.2) is 15.5 Å². The van der Waals surface area contributed by atoms with Crippen molar-refractivity contribution in [2.45, 2.75) is 32.8 Å². The van der Waals surface area contributed by atoms with Crippen molar-refractivity contribution in [2.75, 3.05) is 0 Å². The first-order valence-electron chi connectivity index (χ1n) is 7.10. The second kappa shape index (κ2) is 5.19. The lowest BCUT2D eigenvalue weighted by Gasteiger charge is -2.12. The largest absolute Gasteiger partial charge is 0.474 e. The van der Waals surface area contributed by atoms with E-state index in [1.807, 2.05) is 11.7 Å². The third-order valence-electron chi connectivity index (χ3n) is 3.95. The zero-order valence-corrected chi connectivity index (χ0v) is 14.9. The number of nitrogens with zero attached hydrogens (tertiary/aromatic N) is 2. The molecule has 0 bridgehead atoms. The van der Waals surface area contributed by atoms with E-state index in [-0.39, 0.29) is 11.7 Å². The fourth-order valence-electron chi connectivity index (χ4n) is 2.61. The van der Waals surface area contributed by atoms with E-state index < -0.39 is 0 Å². The molecule has 5 heteroatoms. The van der Waals surface area contributed by atoms with Gasteiger partial charge in [-0.1, -0.05) is 6.07 Å². The summed E-state index contributed by atoms with van der Waals surface area (Å²) in [5.41, 5.74) is 4.01. The van der Waals surface area contributed by atoms with E-state index in [9.17, 15) is 4.79 Å². The molecule has 1 aliphatic carbocycles. The van der Waals surface area contributed by atoms with Gasteiger partial charge in [-0.15, -0.1) is 0 Å². The van der Waals surface area contributed by atoms with Crippen LogP contribution in [0.3, 0.4) is 0 Å². The highest BCUT2D eigenvalue weighted by molar-refractivity contribution is 14.1. The summed E-state index contributed by atoms with van der Waals surface area (Å²) >= 11 is 2.31. The molecule has 0 radical (unpaired) electrons. The summed E-state index contributed by atoms with van der Waals surface area (Å²) in [6, 6.07) is 4.22. The van der Waals surface area contributed by atoms with Crippen molar-refractivity contribution in [1.82, 2.24) is 9.36 Å². The van der Waals surface area contributed by atoms with Crippen LogP contribution in [0.4, 0.5) is 0 Å². The Morgan fingerprint density at radius 3 is 2.38 bits per heavy atom. The van der Waals surface area contributed by atoms with E-state index in [4.69, 9.17) is 4.74 Å². The van der Waals surface area contributed by atoms with E-state index in [0.717, 1.165) is 27.5 Å². The molecular weight excluding hydrogens is 379 g/mol. The fraction of sp³-hybridized carbons (Fsp3) is 0.438. The number of benzene rings is 1. The van der Waals surface area contributed by atoms with Gasteiger partial charge in [-0.3, -0.25) is 14.2 Å². The van der Waals surface area contributed by atoms with Crippen molar-refractivity contribution in [3.63, 3.8) is 0 Å². The molecule has 0 amide bonds. The summed E-state index contributed by atoms with van der Waals surface area (Å²) in [4.78, 5) is 12.7. The first kappa shape index (κ1) is 14.7. The second-order valence-corrected chi connectivity index (χ2v) is 6.95. The summed E-state index contributed by atoms with van der Waals surface area (Å²) in [5.74, 6) is 0.690. The molecule has 0 N–H and O–H groups in total. The zero-order chi connectivity index (χ0) is 15.3. The smallest absolute Gasteiger partial charge is 0.278 e. The lowest BCUT2D eigenvalue weighted by atomic mass is 10.0. The van der Waals surface area contributed by atoms with E-state index in [1.54, 1.807) is 11.7 Å². The Bertz CT molecular complexity index is 746. The van der Waals surface area contributed by atoms with Crippen LogP contribution in [0, 0.1) is 17.4 Å². The Morgan fingerprint density at radius 2 is 1.81 bits per heavy atom. The number of hydrogen-bond donors (Lipinski definition) is 0. The molecule has 0 atom stereocenters. The monoisotopic (exact) mass is 398 g/mol. The summed E-state index contributed by atoms with van der Waals surface area (Å²) in [6.07, 6.45) is 2.42. The third kappa shape index (κ3) is 2.52. The minimum Gasteiger partial charge on any atom is -0.474 e. The lowest BCUT2D eigenvalue weighted by molar-refractivity contribution is 0.271. The highest BCUT2D eigenvalue weighted by Crippen LogP contribution is 2.36. The standard InChI is InChI=1S/C16H19IN2O2/c1-9-7-10(2)13(12(17)8-9)14-15(20)18(3)19(4)16(14)21-11-5-6-11/h7-8,11H,5-6H2,1-4H3. The molecular formula is C16H19IN2O2. The topological polar surface area (TPSA) is 36.2 Å². The van der Waals surface area contributed by atoms with Crippen molar-refractivity contribution in [2.24, 2.45) is 14.1 Å². The first-order valence-corrected chi connectivity index (χ1v) is 8.17. The van der Waals surface area contributed by atoms with E-state index >= 15 is 0 Å². The molecule has 1 heterocycles. The number of aromatic nitrogens is 2. The molecule has 3 rings (SSSR count). The average molecular weight is 398 g/mol. The molecule has 1 aromatic carbocycles. The maximum absolute atomic E-state index is 12.7. The fourth-order valence-corrected chi connectivity index (χ4v) is 3.80. The molecule has 1 aromatic heterocycles. The maximum atomic E-state index is 12.7. The molecule has 1 fully saturated rings. The Kier molecular flexibility index (Phi) is 3.63. The molecule has 4 nitrogen and oxygen atoms in total. The molecule has 1 aliphatic rings. The van der Waals surface area contributed by atoms with Crippen LogP contribution >= 0.6 is 22.6 Å². The molecule has 1 saturated carbocycles. The molecule has 21 heavy (non-hydrogen) atoms. The minimum absolute atomic E-state index is 0.00183. The number of rotatable bonds is 3. The molecule has 112 valence electrons. The molecule has 0 saturated heterocycles. The first-order chi connectivity index (χ1) is 9.90. The molecule has 2 aromatic rings. The van der Waals surface area contributed by atoms with Crippen molar-refractivity contribution in [3.8, 4) is 17.0 Å². The number of halogens is 1. The van der Waals surface area contributed by atoms with E-state index in [1.165, 1.54) is 5.56 Å². The number of aryl methyl sites for hydroxylation is 2. The Labute approximate surface area is 137 Å². The van der Waals surface area contributed by atoms with Crippen LogP contribution in [0.25, 0.3) is 11.1 Å². The van der Waals surface area contributed by atoms with Crippen LogP contribution in [0.5, 0.6) is 5.88 Å². The van der Waals surface area contributed by atoms with E-state index in [2.05, 4.69) is 48.6 Å². The quantitative estimate of drug-likeness (QED) is 0.745. The van der Waals surface area contributed by atoms with Gasteiger partial charge in [0.05, 0.1) is 0 Å². The van der Waals surface area contributed by atoms with Crippen LogP contribution < -0.4 is 10.3 Å². The van der Waals surface area contributed by atoms with Gasteiger partial charge in [0.1, 0.15) is 11.7 Å². The third-order valence-corrected chi connectivity index (χ3v) is 4.80.